The van der Waals surface area contributed by atoms with E-state index >= 15 is 0 Å². The van der Waals surface area contributed by atoms with Crippen molar-refractivity contribution in [1.82, 2.24) is 0 Å². The van der Waals surface area contributed by atoms with E-state index in [-0.39, 0.29) is 23.2 Å². The molecular formula is C23H21F7N2O7S. The lowest BCUT2D eigenvalue weighted by atomic mass is 10.1. The SMILES string of the molecule is COC(=O)CC1CN(S(=O)(=O)c2ccc(F)c(C(F)(F)F)c2)c2cc(NC(=O)OC(C)(C)C(F)(F)F)ccc2O1. The number of carbonyl (C=O) groups excluding carboxylic acids is 2. The van der Waals surface area contributed by atoms with E-state index in [4.69, 9.17) is 4.74 Å². The molecule has 0 bridgehead atoms. The number of fused-ring (bicyclic) bond motifs is 1. The van der Waals surface area contributed by atoms with Crippen LogP contribution in [0.1, 0.15) is 25.8 Å². The third-order valence-corrected chi connectivity index (χ3v) is 7.40. The van der Waals surface area contributed by atoms with E-state index < -0.39 is 75.4 Å². The number of nitrogens with zero attached hydrogens (tertiary/aromatic N) is 1. The summed E-state index contributed by atoms with van der Waals surface area (Å²) in [6, 6.07) is 4.19. The van der Waals surface area contributed by atoms with Crippen molar-refractivity contribution < 1.29 is 63.0 Å². The highest BCUT2D eigenvalue weighted by Crippen LogP contribution is 2.41. The molecule has 1 unspecified atom stereocenters. The standard InChI is InChI=1S/C23H21F7N2O7S/c1-21(2,23(28,29)30)39-20(34)31-12-4-7-18-17(8-12)32(11-13(38-18)9-19(33)37-3)40(35,36)14-5-6-16(24)15(10-14)22(25,26)27/h4-8,10,13H,9,11H2,1-3H3,(H,31,34). The zero-order valence-electron chi connectivity index (χ0n) is 20.8. The summed E-state index contributed by atoms with van der Waals surface area (Å²) in [7, 11) is -3.84. The van der Waals surface area contributed by atoms with Crippen LogP contribution in [0.5, 0.6) is 5.75 Å². The normalized spacial score (nSPS) is 16.1. The molecule has 2 aromatic rings. The van der Waals surface area contributed by atoms with Crippen LogP contribution in [0.25, 0.3) is 0 Å². The fraction of sp³-hybridized carbons (Fsp3) is 0.391. The van der Waals surface area contributed by atoms with E-state index in [1.54, 1.807) is 0 Å². The third kappa shape index (κ3) is 6.51. The van der Waals surface area contributed by atoms with E-state index in [0.29, 0.717) is 30.3 Å². The summed E-state index contributed by atoms with van der Waals surface area (Å²) in [6.07, 6.45) is -13.4. The predicted octanol–water partition coefficient (Wildman–Crippen LogP) is 5.25. The minimum Gasteiger partial charge on any atom is -0.486 e. The van der Waals surface area contributed by atoms with Crippen LogP contribution in [0.2, 0.25) is 0 Å². The van der Waals surface area contributed by atoms with Gasteiger partial charge in [0.2, 0.25) is 5.60 Å². The molecule has 40 heavy (non-hydrogen) atoms. The van der Waals surface area contributed by atoms with Gasteiger partial charge in [-0.2, -0.15) is 26.3 Å². The fourth-order valence-corrected chi connectivity index (χ4v) is 4.96. The molecule has 1 amide bonds. The summed E-state index contributed by atoms with van der Waals surface area (Å²) >= 11 is 0. The largest absolute Gasteiger partial charge is 0.486 e. The van der Waals surface area contributed by atoms with Crippen LogP contribution in [0.4, 0.5) is 46.9 Å². The second-order valence-electron chi connectivity index (χ2n) is 8.90. The predicted molar refractivity (Wildman–Crippen MR) is 124 cm³/mol. The van der Waals surface area contributed by atoms with Crippen LogP contribution in [-0.4, -0.2) is 52.0 Å². The van der Waals surface area contributed by atoms with Crippen molar-refractivity contribution in [3.05, 3.63) is 47.8 Å². The monoisotopic (exact) mass is 602 g/mol. The molecule has 1 N–H and O–H groups in total. The van der Waals surface area contributed by atoms with E-state index in [1.165, 1.54) is 0 Å². The van der Waals surface area contributed by atoms with Gasteiger partial charge in [0.05, 0.1) is 36.2 Å². The van der Waals surface area contributed by atoms with E-state index in [9.17, 15) is 48.7 Å². The van der Waals surface area contributed by atoms with Crippen LogP contribution in [0.15, 0.2) is 41.3 Å². The van der Waals surface area contributed by atoms with Gasteiger partial charge in [-0.3, -0.25) is 14.4 Å². The number of ether oxygens (including phenoxy) is 3. The molecule has 0 fully saturated rings. The number of sulfonamides is 1. The molecule has 2 aromatic carbocycles. The van der Waals surface area contributed by atoms with Gasteiger partial charge < -0.3 is 14.2 Å². The number of halogens is 7. The minimum atomic E-state index is -5.23. The highest BCUT2D eigenvalue weighted by atomic mass is 32.2. The van der Waals surface area contributed by atoms with Crippen molar-refractivity contribution in [1.29, 1.82) is 0 Å². The maximum absolute atomic E-state index is 13.8. The molecule has 0 aromatic heterocycles. The second kappa shape index (κ2) is 10.7. The van der Waals surface area contributed by atoms with Crippen LogP contribution in [0.3, 0.4) is 0 Å². The van der Waals surface area contributed by atoms with Gasteiger partial charge in [0.25, 0.3) is 10.0 Å². The number of carbonyl (C=O) groups is 2. The molecule has 220 valence electrons. The number of methoxy groups -OCH3 is 1. The Morgan fingerprint density at radius 1 is 1.07 bits per heavy atom. The quantitative estimate of drug-likeness (QED) is 0.355. The number of esters is 1. The number of anilines is 2. The van der Waals surface area contributed by atoms with Crippen LogP contribution in [0, 0.1) is 5.82 Å². The average molecular weight is 602 g/mol. The van der Waals surface area contributed by atoms with Crippen molar-refractivity contribution in [3.63, 3.8) is 0 Å². The molecule has 1 atom stereocenters. The molecule has 9 nitrogen and oxygen atoms in total. The zero-order chi connectivity index (χ0) is 30.3. The first-order chi connectivity index (χ1) is 18.3. The van der Waals surface area contributed by atoms with Crippen LogP contribution < -0.4 is 14.4 Å². The Hall–Kier alpha value is -3.76. The summed E-state index contributed by atoms with van der Waals surface area (Å²) in [4.78, 5) is 23.0. The summed E-state index contributed by atoms with van der Waals surface area (Å²) in [5, 5.41) is 2.01. The Kier molecular flexibility index (Phi) is 8.21. The van der Waals surface area contributed by atoms with Crippen molar-refractivity contribution >= 4 is 33.5 Å². The van der Waals surface area contributed by atoms with Gasteiger partial charge in [-0.25, -0.2) is 17.6 Å². The second-order valence-corrected chi connectivity index (χ2v) is 10.8. The number of rotatable bonds is 6. The maximum atomic E-state index is 13.8. The van der Waals surface area contributed by atoms with Crippen LogP contribution >= 0.6 is 0 Å². The minimum absolute atomic E-state index is 0.0911. The van der Waals surface area contributed by atoms with Crippen molar-refractivity contribution in [3.8, 4) is 5.75 Å². The van der Waals surface area contributed by atoms with Gasteiger partial charge in [0, 0.05) is 5.69 Å². The van der Waals surface area contributed by atoms with Gasteiger partial charge in [-0.1, -0.05) is 0 Å². The molecule has 1 aliphatic heterocycles. The number of hydrogen-bond donors (Lipinski definition) is 1. The van der Waals surface area contributed by atoms with Crippen molar-refractivity contribution in [2.75, 3.05) is 23.3 Å². The Morgan fingerprint density at radius 2 is 1.73 bits per heavy atom. The molecule has 3 rings (SSSR count). The van der Waals surface area contributed by atoms with Gasteiger partial charge in [0.1, 0.15) is 17.7 Å². The van der Waals surface area contributed by atoms with Gasteiger partial charge in [-0.15, -0.1) is 0 Å². The Morgan fingerprint density at radius 3 is 2.30 bits per heavy atom. The first-order valence-electron chi connectivity index (χ1n) is 11.1. The van der Waals surface area contributed by atoms with Crippen molar-refractivity contribution in [2.24, 2.45) is 0 Å². The summed E-state index contributed by atoms with van der Waals surface area (Å²) < 4.78 is 135. The average Bonchev–Trinajstić information content (AvgIpc) is 2.81. The Labute approximate surface area is 222 Å². The van der Waals surface area contributed by atoms with Gasteiger partial charge in [-0.05, 0) is 50.2 Å². The van der Waals surface area contributed by atoms with Gasteiger partial charge in [0.15, 0.2) is 0 Å². The lowest BCUT2D eigenvalue weighted by molar-refractivity contribution is -0.242. The smallest absolute Gasteiger partial charge is 0.427 e. The molecule has 1 aliphatic rings. The Balaban J connectivity index is 2.04. The van der Waals surface area contributed by atoms with E-state index in [2.05, 4.69) is 9.47 Å². The first-order valence-corrected chi connectivity index (χ1v) is 12.5. The van der Waals surface area contributed by atoms with Crippen molar-refractivity contribution in [2.45, 2.75) is 49.2 Å². The van der Waals surface area contributed by atoms with E-state index in [1.807, 2.05) is 5.32 Å². The lowest BCUT2D eigenvalue weighted by Gasteiger charge is -2.35. The summed E-state index contributed by atoms with van der Waals surface area (Å²) in [6.45, 7) is 0.556. The number of hydrogen-bond acceptors (Lipinski definition) is 7. The molecule has 1 heterocycles. The highest BCUT2D eigenvalue weighted by molar-refractivity contribution is 7.92. The topological polar surface area (TPSA) is 111 Å². The summed E-state index contributed by atoms with van der Waals surface area (Å²) in [5.74, 6) is -2.74. The fourth-order valence-electron chi connectivity index (χ4n) is 3.44. The molecule has 0 spiro atoms. The number of nitrogens with one attached hydrogen (secondary N) is 1. The lowest BCUT2D eigenvalue weighted by Crippen LogP contribution is -2.45. The van der Waals surface area contributed by atoms with Gasteiger partial charge >= 0.3 is 24.4 Å². The van der Waals surface area contributed by atoms with E-state index in [0.717, 1.165) is 25.3 Å². The molecule has 0 radical (unpaired) electrons. The van der Waals surface area contributed by atoms with Crippen LogP contribution in [-0.2, 0) is 30.5 Å². The third-order valence-electron chi connectivity index (χ3n) is 5.62. The molecule has 0 saturated carbocycles. The maximum Gasteiger partial charge on any atom is 0.427 e. The molecular weight excluding hydrogens is 581 g/mol. The summed E-state index contributed by atoms with van der Waals surface area (Å²) in [5.41, 5.74) is -5.36. The number of amides is 1. The highest BCUT2D eigenvalue weighted by Gasteiger charge is 2.51. The number of alkyl halides is 6. The number of benzene rings is 2. The molecule has 0 saturated heterocycles. The zero-order valence-corrected chi connectivity index (χ0v) is 21.6. The first kappa shape index (κ1) is 30.8. The molecule has 17 heteroatoms. The molecule has 0 aliphatic carbocycles. The Bertz CT molecular complexity index is 1410.